The Hall–Kier alpha value is -3.09. The second kappa shape index (κ2) is 9.41. The first kappa shape index (κ1) is 23.1. The summed E-state index contributed by atoms with van der Waals surface area (Å²) in [5.41, 5.74) is 8.30. The summed E-state index contributed by atoms with van der Waals surface area (Å²) in [4.78, 5) is 10.9. The van der Waals surface area contributed by atoms with E-state index in [-0.39, 0.29) is 23.5 Å². The molecule has 0 unspecified atom stereocenters. The lowest BCUT2D eigenvalue weighted by atomic mass is 10.1. The molecule has 33 heavy (non-hydrogen) atoms. The number of nitrogens with zero attached hydrogens (tertiary/aromatic N) is 6. The molecule has 4 rings (SSSR count). The number of sulfonamides is 1. The van der Waals surface area contributed by atoms with Crippen LogP contribution in [-0.4, -0.2) is 71.4 Å². The number of hydrogen-bond acceptors (Lipinski definition) is 10. The zero-order chi connectivity index (χ0) is 23.6. The fourth-order valence-electron chi connectivity index (χ4n) is 3.83. The minimum absolute atomic E-state index is 0.0842. The van der Waals surface area contributed by atoms with E-state index in [9.17, 15) is 8.42 Å². The first-order chi connectivity index (χ1) is 15.8. The summed E-state index contributed by atoms with van der Waals surface area (Å²) >= 11 is 0. The number of piperazine rings is 1. The van der Waals surface area contributed by atoms with E-state index in [0.717, 1.165) is 17.7 Å². The van der Waals surface area contributed by atoms with Gasteiger partial charge in [-0.05, 0) is 38.6 Å². The number of nitrogens with two attached hydrogens (primary N) is 1. The molecule has 0 bridgehead atoms. The fraction of sp³-hybridized carbons (Fsp3) is 0.429. The Balaban J connectivity index is 1.55. The number of hydrogen-bond donors (Lipinski definition) is 2. The molecule has 11 nitrogen and oxygen atoms in total. The van der Waals surface area contributed by atoms with Gasteiger partial charge in [-0.1, -0.05) is 12.1 Å². The number of nitrogen functional groups attached to an aromatic ring is 1. The summed E-state index contributed by atoms with van der Waals surface area (Å²) in [7, 11) is -1.36. The highest BCUT2D eigenvalue weighted by Gasteiger charge is 2.32. The van der Waals surface area contributed by atoms with Crippen LogP contribution in [0.5, 0.6) is 0 Å². The Morgan fingerprint density at radius 1 is 1.18 bits per heavy atom. The Kier molecular flexibility index (Phi) is 6.58. The van der Waals surface area contributed by atoms with Crippen molar-refractivity contribution in [3.05, 3.63) is 36.0 Å². The van der Waals surface area contributed by atoms with Gasteiger partial charge in [0.25, 0.3) is 5.89 Å². The van der Waals surface area contributed by atoms with E-state index in [4.69, 9.17) is 10.2 Å². The van der Waals surface area contributed by atoms with Gasteiger partial charge in [-0.25, -0.2) is 18.4 Å². The number of anilines is 2. The molecule has 1 aliphatic rings. The van der Waals surface area contributed by atoms with E-state index in [1.165, 1.54) is 0 Å². The van der Waals surface area contributed by atoms with Crippen molar-refractivity contribution in [2.75, 3.05) is 43.1 Å². The van der Waals surface area contributed by atoms with Crippen molar-refractivity contribution in [3.8, 4) is 23.0 Å². The summed E-state index contributed by atoms with van der Waals surface area (Å²) in [6.45, 7) is 5.68. The van der Waals surface area contributed by atoms with Crippen LogP contribution < -0.4 is 16.0 Å². The van der Waals surface area contributed by atoms with Gasteiger partial charge in [0.1, 0.15) is 5.82 Å². The van der Waals surface area contributed by atoms with E-state index in [2.05, 4.69) is 25.5 Å². The van der Waals surface area contributed by atoms with Crippen molar-refractivity contribution in [2.45, 2.75) is 26.4 Å². The van der Waals surface area contributed by atoms with Crippen molar-refractivity contribution in [1.82, 2.24) is 29.8 Å². The van der Waals surface area contributed by atoms with Crippen LogP contribution in [0.4, 0.5) is 11.6 Å². The first-order valence-corrected chi connectivity index (χ1v) is 12.4. The number of benzene rings is 1. The molecule has 1 aromatic carbocycles. The quantitative estimate of drug-likeness (QED) is 0.517. The Labute approximate surface area is 193 Å². The van der Waals surface area contributed by atoms with Crippen LogP contribution in [0.2, 0.25) is 0 Å². The number of aromatic nitrogens is 4. The molecular formula is C21H28N8O3S. The zero-order valence-electron chi connectivity index (χ0n) is 18.9. The third-order valence-corrected chi connectivity index (χ3v) is 7.60. The maximum atomic E-state index is 12.3. The van der Waals surface area contributed by atoms with Gasteiger partial charge in [0.2, 0.25) is 15.9 Å². The van der Waals surface area contributed by atoms with E-state index < -0.39 is 10.0 Å². The monoisotopic (exact) mass is 472 g/mol. The molecule has 1 aliphatic heterocycles. The molecule has 0 saturated carbocycles. The maximum Gasteiger partial charge on any atom is 0.270 e. The van der Waals surface area contributed by atoms with Crippen LogP contribution in [0, 0.1) is 0 Å². The summed E-state index contributed by atoms with van der Waals surface area (Å²) in [5, 5.41) is 11.4. The standard InChI is InChI=1S/C21H28N8O3S/c1-4-33(30,31)29-10-9-28(13-14(29)2)17-12-24-19(22)18(25-17)21-27-26-20(32-21)16-7-5-15(6-8-16)11-23-3/h5-8,12,14,23H,4,9-11,13H2,1-3H3,(H2,22,24)/t14-/m0/s1. The highest BCUT2D eigenvalue weighted by Crippen LogP contribution is 2.28. The molecule has 1 saturated heterocycles. The lowest BCUT2D eigenvalue weighted by Gasteiger charge is -2.39. The third kappa shape index (κ3) is 4.82. The van der Waals surface area contributed by atoms with Crippen molar-refractivity contribution in [2.24, 2.45) is 0 Å². The normalized spacial score (nSPS) is 17.4. The maximum absolute atomic E-state index is 12.3. The number of rotatable bonds is 7. The van der Waals surface area contributed by atoms with E-state index in [0.29, 0.717) is 37.0 Å². The van der Waals surface area contributed by atoms with Gasteiger partial charge in [0.15, 0.2) is 11.5 Å². The lowest BCUT2D eigenvalue weighted by Crippen LogP contribution is -2.54. The predicted octanol–water partition coefficient (Wildman–Crippen LogP) is 1.36. The summed E-state index contributed by atoms with van der Waals surface area (Å²) in [6, 6.07) is 7.63. The first-order valence-electron chi connectivity index (χ1n) is 10.8. The van der Waals surface area contributed by atoms with E-state index in [1.54, 1.807) is 17.4 Å². The largest absolute Gasteiger partial charge is 0.414 e. The molecular weight excluding hydrogens is 444 g/mol. The minimum atomic E-state index is -3.25. The van der Waals surface area contributed by atoms with Crippen LogP contribution in [0.15, 0.2) is 34.9 Å². The van der Waals surface area contributed by atoms with Gasteiger partial charge < -0.3 is 20.4 Å². The second-order valence-corrected chi connectivity index (χ2v) is 10.1. The SMILES string of the molecule is CCS(=O)(=O)N1CCN(c2cnc(N)c(-c3nnc(-c4ccc(CNC)cc4)o3)n2)C[C@@H]1C. The summed E-state index contributed by atoms with van der Waals surface area (Å²) < 4.78 is 32.0. The summed E-state index contributed by atoms with van der Waals surface area (Å²) in [5.74, 6) is 1.38. The van der Waals surface area contributed by atoms with Gasteiger partial charge in [-0.2, -0.15) is 4.31 Å². The van der Waals surface area contributed by atoms with Gasteiger partial charge in [-0.3, -0.25) is 0 Å². The molecule has 2 aromatic heterocycles. The predicted molar refractivity (Wildman–Crippen MR) is 126 cm³/mol. The summed E-state index contributed by atoms with van der Waals surface area (Å²) in [6.07, 6.45) is 1.58. The second-order valence-electron chi connectivity index (χ2n) is 7.91. The molecule has 1 atom stereocenters. The molecule has 0 amide bonds. The number of nitrogens with one attached hydrogen (secondary N) is 1. The van der Waals surface area contributed by atoms with Crippen LogP contribution in [0.3, 0.4) is 0 Å². The molecule has 0 radical (unpaired) electrons. The highest BCUT2D eigenvalue weighted by atomic mass is 32.2. The van der Waals surface area contributed by atoms with Crippen LogP contribution in [0.25, 0.3) is 23.0 Å². The molecule has 0 aliphatic carbocycles. The van der Waals surface area contributed by atoms with Crippen LogP contribution in [0.1, 0.15) is 19.4 Å². The van der Waals surface area contributed by atoms with E-state index in [1.807, 2.05) is 43.1 Å². The Morgan fingerprint density at radius 2 is 1.91 bits per heavy atom. The molecule has 0 spiro atoms. The smallest absolute Gasteiger partial charge is 0.270 e. The molecule has 3 N–H and O–H groups in total. The van der Waals surface area contributed by atoms with Crippen molar-refractivity contribution in [3.63, 3.8) is 0 Å². The lowest BCUT2D eigenvalue weighted by molar-refractivity contribution is 0.306. The van der Waals surface area contributed by atoms with Gasteiger partial charge in [0, 0.05) is 37.8 Å². The Morgan fingerprint density at radius 3 is 2.58 bits per heavy atom. The molecule has 3 heterocycles. The minimum Gasteiger partial charge on any atom is -0.414 e. The molecule has 1 fully saturated rings. The average molecular weight is 473 g/mol. The van der Waals surface area contributed by atoms with Crippen LogP contribution in [-0.2, 0) is 16.6 Å². The average Bonchev–Trinajstić information content (AvgIpc) is 3.30. The highest BCUT2D eigenvalue weighted by molar-refractivity contribution is 7.89. The molecule has 3 aromatic rings. The zero-order valence-corrected chi connectivity index (χ0v) is 19.7. The molecule has 12 heteroatoms. The van der Waals surface area contributed by atoms with E-state index >= 15 is 0 Å². The Bertz CT molecular complexity index is 1210. The van der Waals surface area contributed by atoms with Gasteiger partial charge in [0.05, 0.1) is 11.9 Å². The van der Waals surface area contributed by atoms with Gasteiger partial charge >= 0.3 is 0 Å². The topological polar surface area (TPSA) is 143 Å². The van der Waals surface area contributed by atoms with Crippen molar-refractivity contribution >= 4 is 21.7 Å². The third-order valence-electron chi connectivity index (χ3n) is 5.61. The fourth-order valence-corrected chi connectivity index (χ4v) is 5.14. The van der Waals surface area contributed by atoms with Crippen molar-refractivity contribution < 1.29 is 12.8 Å². The van der Waals surface area contributed by atoms with Gasteiger partial charge in [-0.15, -0.1) is 10.2 Å². The van der Waals surface area contributed by atoms with Crippen molar-refractivity contribution in [1.29, 1.82) is 0 Å². The molecule has 176 valence electrons. The van der Waals surface area contributed by atoms with Crippen LogP contribution >= 0.6 is 0 Å².